The molecule has 1 aromatic carbocycles. The molecular formula is C20H28N2O3. The molecule has 5 nitrogen and oxygen atoms in total. The van der Waals surface area contributed by atoms with Gasteiger partial charge in [-0.1, -0.05) is 6.42 Å². The van der Waals surface area contributed by atoms with Crippen LogP contribution >= 0.6 is 0 Å². The predicted octanol–water partition coefficient (Wildman–Crippen LogP) is 3.62. The van der Waals surface area contributed by atoms with Gasteiger partial charge < -0.3 is 14.3 Å². The smallest absolute Gasteiger partial charge is 0.226 e. The van der Waals surface area contributed by atoms with E-state index in [1.807, 2.05) is 26.0 Å². The van der Waals surface area contributed by atoms with Gasteiger partial charge in [0.2, 0.25) is 5.89 Å². The number of aliphatic hydroxyl groups is 1. The van der Waals surface area contributed by atoms with Gasteiger partial charge in [-0.15, -0.1) is 0 Å². The Balaban J connectivity index is 1.87. The van der Waals surface area contributed by atoms with E-state index in [1.54, 1.807) is 7.11 Å². The molecule has 1 saturated heterocycles. The fraction of sp³-hybridized carbons (Fsp3) is 0.550. The molecule has 1 N–H and O–H groups in total. The molecule has 3 rings (SSSR count). The van der Waals surface area contributed by atoms with Gasteiger partial charge >= 0.3 is 0 Å². The van der Waals surface area contributed by atoms with Crippen LogP contribution < -0.4 is 4.74 Å². The minimum atomic E-state index is 0.209. The summed E-state index contributed by atoms with van der Waals surface area (Å²) in [6.07, 6.45) is 3.42. The van der Waals surface area contributed by atoms with E-state index in [-0.39, 0.29) is 12.6 Å². The van der Waals surface area contributed by atoms with Crippen molar-refractivity contribution in [1.82, 2.24) is 9.88 Å². The minimum Gasteiger partial charge on any atom is -0.496 e. The van der Waals surface area contributed by atoms with Gasteiger partial charge in [0.05, 0.1) is 19.4 Å². The Morgan fingerprint density at radius 3 is 2.76 bits per heavy atom. The third-order valence-electron chi connectivity index (χ3n) is 5.39. The molecule has 0 saturated carbocycles. The lowest BCUT2D eigenvalue weighted by atomic mass is 10.0. The lowest BCUT2D eigenvalue weighted by Gasteiger charge is -2.33. The number of piperidine rings is 1. The Labute approximate surface area is 149 Å². The van der Waals surface area contributed by atoms with E-state index in [2.05, 4.69) is 11.8 Å². The third-order valence-corrected chi connectivity index (χ3v) is 5.39. The fourth-order valence-electron chi connectivity index (χ4n) is 3.61. The number of methoxy groups -OCH3 is 1. The zero-order valence-electron chi connectivity index (χ0n) is 15.6. The Kier molecular flexibility index (Phi) is 5.45. The summed E-state index contributed by atoms with van der Waals surface area (Å²) in [6, 6.07) is 4.20. The number of ether oxygens (including phenoxy) is 1. The highest BCUT2D eigenvalue weighted by molar-refractivity contribution is 5.63. The standard InChI is InChI=1S/C20H28N2O3/c1-13-14(2)19(24-4)9-8-17(13)20-21-18(15(3)25-20)11-22-10-6-5-7-16(22)12-23/h8-9,16,23H,5-7,10-12H2,1-4H3. The molecule has 2 aromatic rings. The first-order chi connectivity index (χ1) is 12.0. The van der Waals surface area contributed by atoms with Crippen molar-refractivity contribution in [3.8, 4) is 17.2 Å². The second kappa shape index (κ2) is 7.58. The number of aromatic nitrogens is 1. The van der Waals surface area contributed by atoms with Crippen molar-refractivity contribution in [2.75, 3.05) is 20.3 Å². The molecule has 1 unspecified atom stereocenters. The van der Waals surface area contributed by atoms with Crippen LogP contribution in [0.1, 0.15) is 41.8 Å². The van der Waals surface area contributed by atoms with Crippen LogP contribution in [0.2, 0.25) is 0 Å². The maximum absolute atomic E-state index is 9.61. The molecule has 0 bridgehead atoms. The summed E-state index contributed by atoms with van der Waals surface area (Å²) in [6.45, 7) is 8.03. The summed E-state index contributed by atoms with van der Waals surface area (Å²) in [5, 5.41) is 9.61. The van der Waals surface area contributed by atoms with Gasteiger partial charge in [0.15, 0.2) is 0 Å². The van der Waals surface area contributed by atoms with E-state index in [0.29, 0.717) is 5.89 Å². The average Bonchev–Trinajstić information content (AvgIpc) is 2.98. The Morgan fingerprint density at radius 2 is 2.04 bits per heavy atom. The molecule has 1 aliphatic rings. The molecule has 5 heteroatoms. The molecule has 0 radical (unpaired) electrons. The number of oxazole rings is 1. The van der Waals surface area contributed by atoms with Gasteiger partial charge in [0, 0.05) is 18.2 Å². The van der Waals surface area contributed by atoms with E-state index in [0.717, 1.165) is 53.4 Å². The molecule has 1 aromatic heterocycles. The van der Waals surface area contributed by atoms with Gasteiger partial charge in [-0.3, -0.25) is 4.90 Å². The van der Waals surface area contributed by atoms with E-state index in [4.69, 9.17) is 14.1 Å². The van der Waals surface area contributed by atoms with E-state index < -0.39 is 0 Å². The second-order valence-electron chi connectivity index (χ2n) is 6.89. The van der Waals surface area contributed by atoms with Crippen molar-refractivity contribution in [2.45, 2.75) is 52.6 Å². The third kappa shape index (κ3) is 3.58. The van der Waals surface area contributed by atoms with Crippen LogP contribution in [-0.2, 0) is 6.54 Å². The number of hydrogen-bond donors (Lipinski definition) is 1. The first kappa shape index (κ1) is 18.0. The van der Waals surface area contributed by atoms with Crippen LogP contribution in [0.3, 0.4) is 0 Å². The van der Waals surface area contributed by atoms with Crippen molar-refractivity contribution in [2.24, 2.45) is 0 Å². The van der Waals surface area contributed by atoms with Crippen LogP contribution in [-0.4, -0.2) is 41.3 Å². The zero-order valence-corrected chi connectivity index (χ0v) is 15.6. The van der Waals surface area contributed by atoms with Crippen molar-refractivity contribution >= 4 is 0 Å². The normalized spacial score (nSPS) is 18.5. The van der Waals surface area contributed by atoms with Crippen molar-refractivity contribution in [1.29, 1.82) is 0 Å². The molecule has 0 amide bonds. The van der Waals surface area contributed by atoms with Gasteiger partial charge in [-0.2, -0.15) is 0 Å². The van der Waals surface area contributed by atoms with Crippen molar-refractivity contribution in [3.63, 3.8) is 0 Å². The lowest BCUT2D eigenvalue weighted by molar-refractivity contribution is 0.0828. The van der Waals surface area contributed by atoms with Crippen LogP contribution in [0.5, 0.6) is 5.75 Å². The van der Waals surface area contributed by atoms with Crippen molar-refractivity contribution < 1.29 is 14.3 Å². The van der Waals surface area contributed by atoms with Gasteiger partial charge in [-0.05, 0) is 63.4 Å². The molecule has 136 valence electrons. The molecule has 1 aliphatic heterocycles. The van der Waals surface area contributed by atoms with Gasteiger partial charge in [0.1, 0.15) is 11.5 Å². The molecule has 1 fully saturated rings. The lowest BCUT2D eigenvalue weighted by Crippen LogP contribution is -2.41. The topological polar surface area (TPSA) is 58.7 Å². The number of hydrogen-bond acceptors (Lipinski definition) is 5. The first-order valence-electron chi connectivity index (χ1n) is 9.01. The molecule has 1 atom stereocenters. The zero-order chi connectivity index (χ0) is 18.0. The van der Waals surface area contributed by atoms with Crippen LogP contribution in [0.4, 0.5) is 0 Å². The highest BCUT2D eigenvalue weighted by Crippen LogP contribution is 2.32. The highest BCUT2D eigenvalue weighted by Gasteiger charge is 2.24. The van der Waals surface area contributed by atoms with Gasteiger partial charge in [-0.25, -0.2) is 4.98 Å². The van der Waals surface area contributed by atoms with E-state index >= 15 is 0 Å². The maximum atomic E-state index is 9.61. The summed E-state index contributed by atoms with van der Waals surface area (Å²) in [5.74, 6) is 2.39. The van der Waals surface area contributed by atoms with Crippen molar-refractivity contribution in [3.05, 3.63) is 34.7 Å². The Hall–Kier alpha value is -1.85. The molecule has 0 aliphatic carbocycles. The van der Waals surface area contributed by atoms with Crippen LogP contribution in [0.15, 0.2) is 16.5 Å². The van der Waals surface area contributed by atoms with E-state index in [9.17, 15) is 5.11 Å². The number of likely N-dealkylation sites (tertiary alicyclic amines) is 1. The predicted molar refractivity (Wildman–Crippen MR) is 97.8 cm³/mol. The largest absolute Gasteiger partial charge is 0.496 e. The van der Waals surface area contributed by atoms with Crippen LogP contribution in [0, 0.1) is 20.8 Å². The number of aryl methyl sites for hydroxylation is 1. The number of benzene rings is 1. The molecule has 2 heterocycles. The quantitative estimate of drug-likeness (QED) is 0.898. The minimum absolute atomic E-state index is 0.209. The summed E-state index contributed by atoms with van der Waals surface area (Å²) < 4.78 is 11.4. The average molecular weight is 344 g/mol. The fourth-order valence-corrected chi connectivity index (χ4v) is 3.61. The number of rotatable bonds is 5. The summed E-state index contributed by atoms with van der Waals surface area (Å²) in [7, 11) is 1.69. The van der Waals surface area contributed by atoms with Gasteiger partial charge in [0.25, 0.3) is 0 Å². The molecule has 0 spiro atoms. The monoisotopic (exact) mass is 344 g/mol. The van der Waals surface area contributed by atoms with E-state index in [1.165, 1.54) is 12.8 Å². The highest BCUT2D eigenvalue weighted by atomic mass is 16.5. The SMILES string of the molecule is COc1ccc(-c2nc(CN3CCCCC3CO)c(C)o2)c(C)c1C. The van der Waals surface area contributed by atoms with Crippen LogP contribution in [0.25, 0.3) is 11.5 Å². The summed E-state index contributed by atoms with van der Waals surface area (Å²) in [4.78, 5) is 7.09. The second-order valence-corrected chi connectivity index (χ2v) is 6.89. The Bertz CT molecular complexity index is 739. The first-order valence-corrected chi connectivity index (χ1v) is 9.01. The number of aliphatic hydroxyl groups excluding tert-OH is 1. The maximum Gasteiger partial charge on any atom is 0.226 e. The summed E-state index contributed by atoms with van der Waals surface area (Å²) in [5.41, 5.74) is 4.19. The summed E-state index contributed by atoms with van der Waals surface area (Å²) >= 11 is 0. The number of nitrogens with zero attached hydrogens (tertiary/aromatic N) is 2. The molecule has 25 heavy (non-hydrogen) atoms. The molecular weight excluding hydrogens is 316 g/mol. The Morgan fingerprint density at radius 1 is 1.24 bits per heavy atom.